The second kappa shape index (κ2) is 10.6. The molecule has 0 aromatic heterocycles. The fourth-order valence-electron chi connectivity index (χ4n) is 3.70. The maximum Gasteiger partial charge on any atom is 0.331 e. The first-order valence-electron chi connectivity index (χ1n) is 10.6. The zero-order valence-electron chi connectivity index (χ0n) is 19.1. The SMILES string of the molecule is CCC(O)(CC)COc1ccc(C(CC)(CC)/C(C)=C/C=C(\C)C(=O)O)cc1C. The van der Waals surface area contributed by atoms with Gasteiger partial charge in [-0.15, -0.1) is 0 Å². The van der Waals surface area contributed by atoms with E-state index in [4.69, 9.17) is 9.84 Å². The molecular formula is C25H38O4. The van der Waals surface area contributed by atoms with Crippen molar-refractivity contribution in [1.29, 1.82) is 0 Å². The molecule has 0 unspecified atom stereocenters. The van der Waals surface area contributed by atoms with Gasteiger partial charge in [-0.3, -0.25) is 0 Å². The van der Waals surface area contributed by atoms with Crippen LogP contribution < -0.4 is 4.74 Å². The summed E-state index contributed by atoms with van der Waals surface area (Å²) in [6.07, 6.45) is 6.75. The molecule has 0 radical (unpaired) electrons. The highest BCUT2D eigenvalue weighted by Crippen LogP contribution is 2.40. The van der Waals surface area contributed by atoms with Crippen molar-refractivity contribution in [3.8, 4) is 5.75 Å². The summed E-state index contributed by atoms with van der Waals surface area (Å²) in [5.74, 6) is -0.109. The molecule has 1 aromatic rings. The molecule has 0 aliphatic rings. The molecule has 0 aliphatic carbocycles. The second-order valence-corrected chi connectivity index (χ2v) is 7.99. The van der Waals surface area contributed by atoms with Crippen LogP contribution in [-0.4, -0.2) is 28.4 Å². The average Bonchev–Trinajstić information content (AvgIpc) is 2.72. The van der Waals surface area contributed by atoms with Gasteiger partial charge in [0.25, 0.3) is 0 Å². The third-order valence-corrected chi connectivity index (χ3v) is 6.42. The highest BCUT2D eigenvalue weighted by molar-refractivity contribution is 5.86. The Labute approximate surface area is 176 Å². The maximum absolute atomic E-state index is 11.1. The minimum atomic E-state index is -0.899. The van der Waals surface area contributed by atoms with Crippen LogP contribution in [0.4, 0.5) is 0 Å². The smallest absolute Gasteiger partial charge is 0.331 e. The predicted octanol–water partition coefficient (Wildman–Crippen LogP) is 5.96. The topological polar surface area (TPSA) is 66.8 Å². The molecule has 0 aliphatic heterocycles. The summed E-state index contributed by atoms with van der Waals surface area (Å²) in [6.45, 7) is 14.2. The highest BCUT2D eigenvalue weighted by Gasteiger charge is 2.31. The van der Waals surface area contributed by atoms with Gasteiger partial charge in [0.15, 0.2) is 0 Å². The Hall–Kier alpha value is -2.07. The van der Waals surface area contributed by atoms with Crippen molar-refractivity contribution in [3.63, 3.8) is 0 Å². The molecule has 4 nitrogen and oxygen atoms in total. The Morgan fingerprint density at radius 2 is 1.62 bits per heavy atom. The van der Waals surface area contributed by atoms with Gasteiger partial charge in [-0.1, -0.05) is 57.6 Å². The van der Waals surface area contributed by atoms with Crippen molar-refractivity contribution in [2.75, 3.05) is 6.61 Å². The van der Waals surface area contributed by atoms with E-state index in [-0.39, 0.29) is 12.0 Å². The van der Waals surface area contributed by atoms with E-state index < -0.39 is 11.6 Å². The first kappa shape index (κ1) is 25.0. The molecular weight excluding hydrogens is 364 g/mol. The number of aliphatic carboxylic acids is 1. The van der Waals surface area contributed by atoms with Crippen molar-refractivity contribution in [2.45, 2.75) is 85.2 Å². The average molecular weight is 403 g/mol. The monoisotopic (exact) mass is 402 g/mol. The normalized spacial score (nSPS) is 13.5. The number of rotatable bonds is 11. The van der Waals surface area contributed by atoms with E-state index >= 15 is 0 Å². The van der Waals surface area contributed by atoms with Crippen LogP contribution in [0, 0.1) is 6.92 Å². The van der Waals surface area contributed by atoms with Gasteiger partial charge in [0.2, 0.25) is 0 Å². The molecule has 0 saturated heterocycles. The number of carbonyl (C=O) groups is 1. The number of allylic oxidation sites excluding steroid dienone is 3. The number of carboxylic acids is 1. The molecule has 1 rings (SSSR count). The van der Waals surface area contributed by atoms with Crippen LogP contribution in [-0.2, 0) is 10.2 Å². The van der Waals surface area contributed by atoms with Gasteiger partial charge in [-0.2, -0.15) is 0 Å². The second-order valence-electron chi connectivity index (χ2n) is 7.99. The molecule has 0 fully saturated rings. The quantitative estimate of drug-likeness (QED) is 0.354. The lowest BCUT2D eigenvalue weighted by molar-refractivity contribution is -0.132. The summed E-state index contributed by atoms with van der Waals surface area (Å²) < 4.78 is 5.95. The molecule has 162 valence electrons. The minimum absolute atomic E-state index is 0.161. The van der Waals surface area contributed by atoms with E-state index in [1.807, 2.05) is 32.9 Å². The number of aryl methyl sites for hydroxylation is 1. The molecule has 0 heterocycles. The van der Waals surface area contributed by atoms with Crippen molar-refractivity contribution < 1.29 is 19.7 Å². The van der Waals surface area contributed by atoms with E-state index in [9.17, 15) is 9.90 Å². The highest BCUT2D eigenvalue weighted by atomic mass is 16.5. The molecule has 1 aromatic carbocycles. The standard InChI is InChI=1S/C25H38O4/c1-8-24(28,9-2)17-29-22-15-14-21(16-19(22)6)25(10-3,11-4)20(7)13-12-18(5)23(26)27/h12-16,28H,8-11,17H2,1-7H3,(H,26,27)/b18-12+,20-13+. The first-order chi connectivity index (χ1) is 13.6. The number of hydrogen-bond donors (Lipinski definition) is 2. The lowest BCUT2D eigenvalue weighted by atomic mass is 9.70. The molecule has 0 spiro atoms. The van der Waals surface area contributed by atoms with Crippen molar-refractivity contribution in [3.05, 3.63) is 52.6 Å². The Morgan fingerprint density at radius 1 is 1.03 bits per heavy atom. The zero-order chi connectivity index (χ0) is 22.2. The van der Waals surface area contributed by atoms with E-state index in [2.05, 4.69) is 32.9 Å². The van der Waals surface area contributed by atoms with Gasteiger partial charge in [0.05, 0.1) is 5.60 Å². The van der Waals surface area contributed by atoms with Crippen LogP contribution in [0.5, 0.6) is 5.75 Å². The van der Waals surface area contributed by atoms with Gasteiger partial charge in [-0.25, -0.2) is 4.79 Å². The molecule has 0 atom stereocenters. The van der Waals surface area contributed by atoms with Crippen molar-refractivity contribution >= 4 is 5.97 Å². The Kier molecular flexibility index (Phi) is 9.15. The van der Waals surface area contributed by atoms with Crippen LogP contribution in [0.3, 0.4) is 0 Å². The van der Waals surface area contributed by atoms with Gasteiger partial charge < -0.3 is 14.9 Å². The third kappa shape index (κ3) is 5.96. The molecule has 4 heteroatoms. The molecule has 2 N–H and O–H groups in total. The fraction of sp³-hybridized carbons (Fsp3) is 0.560. The van der Waals surface area contributed by atoms with Crippen LogP contribution in [0.15, 0.2) is 41.5 Å². The lowest BCUT2D eigenvalue weighted by Crippen LogP contribution is -2.34. The fourth-order valence-corrected chi connectivity index (χ4v) is 3.70. The van der Waals surface area contributed by atoms with Crippen molar-refractivity contribution in [2.24, 2.45) is 0 Å². The number of carboxylic acid groups (broad SMARTS) is 1. The van der Waals surface area contributed by atoms with Gasteiger partial charge >= 0.3 is 5.97 Å². The predicted molar refractivity (Wildman–Crippen MR) is 120 cm³/mol. The van der Waals surface area contributed by atoms with Crippen LogP contribution in [0.25, 0.3) is 0 Å². The lowest BCUT2D eigenvalue weighted by Gasteiger charge is -2.34. The summed E-state index contributed by atoms with van der Waals surface area (Å²) >= 11 is 0. The maximum atomic E-state index is 11.1. The van der Waals surface area contributed by atoms with E-state index in [1.165, 1.54) is 5.56 Å². The van der Waals surface area contributed by atoms with Gasteiger partial charge in [-0.05, 0) is 63.6 Å². The van der Waals surface area contributed by atoms with E-state index in [0.717, 1.165) is 29.7 Å². The first-order valence-corrected chi connectivity index (χ1v) is 10.6. The third-order valence-electron chi connectivity index (χ3n) is 6.42. The summed E-state index contributed by atoms with van der Waals surface area (Å²) in [7, 11) is 0. The molecule has 0 saturated carbocycles. The number of aliphatic hydroxyl groups is 1. The number of benzene rings is 1. The Balaban J connectivity index is 3.24. The summed E-state index contributed by atoms with van der Waals surface area (Å²) in [6, 6.07) is 6.24. The zero-order valence-corrected chi connectivity index (χ0v) is 19.1. The van der Waals surface area contributed by atoms with Crippen LogP contribution in [0.2, 0.25) is 0 Å². The van der Waals surface area contributed by atoms with E-state index in [1.54, 1.807) is 13.0 Å². The number of ether oxygens (including phenoxy) is 1. The molecule has 29 heavy (non-hydrogen) atoms. The largest absolute Gasteiger partial charge is 0.490 e. The molecule has 0 amide bonds. The Morgan fingerprint density at radius 3 is 2.07 bits per heavy atom. The van der Waals surface area contributed by atoms with Crippen LogP contribution in [0.1, 0.15) is 78.4 Å². The molecule has 0 bridgehead atoms. The summed E-state index contributed by atoms with van der Waals surface area (Å²) in [5.41, 5.74) is 2.74. The van der Waals surface area contributed by atoms with Crippen molar-refractivity contribution in [1.82, 2.24) is 0 Å². The minimum Gasteiger partial charge on any atom is -0.490 e. The number of hydrogen-bond acceptors (Lipinski definition) is 3. The van der Waals surface area contributed by atoms with Gasteiger partial charge in [0, 0.05) is 11.0 Å². The summed E-state index contributed by atoms with van der Waals surface area (Å²) in [5, 5.41) is 19.6. The summed E-state index contributed by atoms with van der Waals surface area (Å²) in [4.78, 5) is 11.1. The van der Waals surface area contributed by atoms with Crippen LogP contribution >= 0.6 is 0 Å². The van der Waals surface area contributed by atoms with E-state index in [0.29, 0.717) is 18.4 Å². The Bertz CT molecular complexity index is 750. The van der Waals surface area contributed by atoms with Gasteiger partial charge in [0.1, 0.15) is 12.4 Å².